The lowest BCUT2D eigenvalue weighted by Gasteiger charge is -2.22. The van der Waals surface area contributed by atoms with E-state index >= 15 is 0 Å². The summed E-state index contributed by atoms with van der Waals surface area (Å²) in [5, 5.41) is 10.7. The molecule has 0 aliphatic rings. The largest absolute Gasteiger partial charge is 0.469 e. The SMILES string of the molecule is COC(=O)C(C)CN(C)c1ccc([N+](=O)[O-])c(N)c1. The van der Waals surface area contributed by atoms with Crippen molar-refractivity contribution < 1.29 is 14.5 Å². The van der Waals surface area contributed by atoms with E-state index in [9.17, 15) is 14.9 Å². The van der Waals surface area contributed by atoms with Crippen LogP contribution < -0.4 is 10.6 Å². The fourth-order valence-corrected chi connectivity index (χ4v) is 1.74. The van der Waals surface area contributed by atoms with Crippen molar-refractivity contribution in [3.63, 3.8) is 0 Å². The van der Waals surface area contributed by atoms with Gasteiger partial charge in [-0.3, -0.25) is 14.9 Å². The number of esters is 1. The van der Waals surface area contributed by atoms with E-state index in [1.54, 1.807) is 24.9 Å². The van der Waals surface area contributed by atoms with Crippen LogP contribution in [0.25, 0.3) is 0 Å². The van der Waals surface area contributed by atoms with Gasteiger partial charge in [0.2, 0.25) is 0 Å². The monoisotopic (exact) mass is 267 g/mol. The van der Waals surface area contributed by atoms with Crippen LogP contribution in [0.2, 0.25) is 0 Å². The van der Waals surface area contributed by atoms with Crippen LogP contribution in [0.4, 0.5) is 17.1 Å². The molecule has 0 radical (unpaired) electrons. The normalized spacial score (nSPS) is 11.7. The van der Waals surface area contributed by atoms with Gasteiger partial charge >= 0.3 is 5.97 Å². The number of anilines is 2. The fraction of sp³-hybridized carbons (Fsp3) is 0.417. The second-order valence-corrected chi connectivity index (χ2v) is 4.30. The van der Waals surface area contributed by atoms with E-state index in [2.05, 4.69) is 4.74 Å². The lowest BCUT2D eigenvalue weighted by molar-refractivity contribution is -0.383. The molecule has 0 aliphatic heterocycles. The number of benzene rings is 1. The number of methoxy groups -OCH3 is 1. The van der Waals surface area contributed by atoms with Crippen molar-refractivity contribution in [1.82, 2.24) is 0 Å². The smallest absolute Gasteiger partial charge is 0.310 e. The van der Waals surface area contributed by atoms with Gasteiger partial charge < -0.3 is 15.4 Å². The summed E-state index contributed by atoms with van der Waals surface area (Å²) in [6, 6.07) is 4.46. The Morgan fingerprint density at radius 3 is 2.68 bits per heavy atom. The van der Waals surface area contributed by atoms with Crippen molar-refractivity contribution in [2.45, 2.75) is 6.92 Å². The third-order valence-electron chi connectivity index (χ3n) is 2.80. The Labute approximate surface area is 111 Å². The van der Waals surface area contributed by atoms with Crippen LogP contribution in [-0.2, 0) is 9.53 Å². The van der Waals surface area contributed by atoms with Crippen molar-refractivity contribution in [2.75, 3.05) is 31.3 Å². The van der Waals surface area contributed by atoms with Gasteiger partial charge in [-0.05, 0) is 12.1 Å². The Hall–Kier alpha value is -2.31. The molecule has 1 aromatic rings. The molecule has 7 nitrogen and oxygen atoms in total. The second-order valence-electron chi connectivity index (χ2n) is 4.30. The molecule has 0 spiro atoms. The number of hydrogen-bond donors (Lipinski definition) is 1. The maximum atomic E-state index is 11.3. The summed E-state index contributed by atoms with van der Waals surface area (Å²) in [6.07, 6.45) is 0. The van der Waals surface area contributed by atoms with E-state index in [0.29, 0.717) is 12.2 Å². The summed E-state index contributed by atoms with van der Waals surface area (Å²) in [7, 11) is 3.11. The first-order chi connectivity index (χ1) is 8.86. The first-order valence-corrected chi connectivity index (χ1v) is 5.69. The summed E-state index contributed by atoms with van der Waals surface area (Å²) < 4.78 is 4.64. The zero-order chi connectivity index (χ0) is 14.6. The Balaban J connectivity index is 2.83. The van der Waals surface area contributed by atoms with Gasteiger partial charge in [0.05, 0.1) is 18.0 Å². The molecule has 19 heavy (non-hydrogen) atoms. The molecule has 0 heterocycles. The van der Waals surface area contributed by atoms with Crippen LogP contribution in [0.5, 0.6) is 0 Å². The van der Waals surface area contributed by atoms with Crippen LogP contribution in [0.15, 0.2) is 18.2 Å². The number of nitrogen functional groups attached to an aromatic ring is 1. The summed E-state index contributed by atoms with van der Waals surface area (Å²) in [6.45, 7) is 2.18. The van der Waals surface area contributed by atoms with Crippen LogP contribution in [0.3, 0.4) is 0 Å². The highest BCUT2D eigenvalue weighted by molar-refractivity contribution is 5.73. The number of nitro benzene ring substituents is 1. The van der Waals surface area contributed by atoms with Crippen LogP contribution >= 0.6 is 0 Å². The average Bonchev–Trinajstić information content (AvgIpc) is 2.36. The molecular weight excluding hydrogens is 250 g/mol. The molecule has 104 valence electrons. The Kier molecular flexibility index (Phi) is 4.68. The molecule has 1 unspecified atom stereocenters. The Morgan fingerprint density at radius 2 is 2.21 bits per heavy atom. The van der Waals surface area contributed by atoms with Crippen molar-refractivity contribution in [3.05, 3.63) is 28.3 Å². The number of rotatable bonds is 5. The second kappa shape index (κ2) is 6.03. The number of carbonyl (C=O) groups is 1. The summed E-state index contributed by atoms with van der Waals surface area (Å²) in [4.78, 5) is 23.2. The fourth-order valence-electron chi connectivity index (χ4n) is 1.74. The van der Waals surface area contributed by atoms with Gasteiger partial charge in [0.15, 0.2) is 0 Å². The van der Waals surface area contributed by atoms with Gasteiger partial charge in [-0.25, -0.2) is 0 Å². The van der Waals surface area contributed by atoms with E-state index in [0.717, 1.165) is 0 Å². The van der Waals surface area contributed by atoms with Gasteiger partial charge in [-0.1, -0.05) is 6.92 Å². The number of carbonyl (C=O) groups excluding carboxylic acids is 1. The van der Waals surface area contributed by atoms with Gasteiger partial charge in [0.25, 0.3) is 5.69 Å². The van der Waals surface area contributed by atoms with E-state index in [-0.39, 0.29) is 23.3 Å². The van der Waals surface area contributed by atoms with Crippen molar-refractivity contribution >= 4 is 23.0 Å². The number of hydrogen-bond acceptors (Lipinski definition) is 6. The van der Waals surface area contributed by atoms with Crippen molar-refractivity contribution in [3.8, 4) is 0 Å². The first kappa shape index (κ1) is 14.7. The minimum atomic E-state index is -0.532. The third-order valence-corrected chi connectivity index (χ3v) is 2.80. The maximum absolute atomic E-state index is 11.3. The zero-order valence-electron chi connectivity index (χ0n) is 11.1. The zero-order valence-corrected chi connectivity index (χ0v) is 11.1. The predicted octanol–water partition coefficient (Wildman–Crippen LogP) is 1.42. The maximum Gasteiger partial charge on any atom is 0.310 e. The lowest BCUT2D eigenvalue weighted by Crippen LogP contribution is -2.29. The minimum absolute atomic E-state index is 0.0973. The predicted molar refractivity (Wildman–Crippen MR) is 72.0 cm³/mol. The quantitative estimate of drug-likeness (QED) is 0.375. The molecule has 2 N–H and O–H groups in total. The third kappa shape index (κ3) is 3.57. The first-order valence-electron chi connectivity index (χ1n) is 5.69. The molecule has 7 heteroatoms. The number of nitro groups is 1. The highest BCUT2D eigenvalue weighted by atomic mass is 16.6. The Bertz CT molecular complexity index is 490. The highest BCUT2D eigenvalue weighted by Crippen LogP contribution is 2.26. The molecule has 1 atom stereocenters. The lowest BCUT2D eigenvalue weighted by atomic mass is 10.1. The molecule has 1 rings (SSSR count). The van der Waals surface area contributed by atoms with Crippen LogP contribution in [0, 0.1) is 16.0 Å². The number of nitrogens with two attached hydrogens (primary N) is 1. The van der Waals surface area contributed by atoms with E-state index in [1.807, 2.05) is 0 Å². The molecule has 0 amide bonds. The molecule has 0 aliphatic carbocycles. The highest BCUT2D eigenvalue weighted by Gasteiger charge is 2.17. The minimum Gasteiger partial charge on any atom is -0.469 e. The molecule has 0 fully saturated rings. The molecular formula is C12H17N3O4. The van der Waals surface area contributed by atoms with E-state index in [1.165, 1.54) is 19.2 Å². The van der Waals surface area contributed by atoms with Crippen molar-refractivity contribution in [1.29, 1.82) is 0 Å². The average molecular weight is 267 g/mol. The van der Waals surface area contributed by atoms with E-state index < -0.39 is 4.92 Å². The van der Waals surface area contributed by atoms with Crippen molar-refractivity contribution in [2.24, 2.45) is 5.92 Å². The summed E-state index contributed by atoms with van der Waals surface area (Å²) in [5.74, 6) is -0.604. The molecule has 1 aromatic carbocycles. The number of nitrogens with zero attached hydrogens (tertiary/aromatic N) is 2. The summed E-state index contributed by atoms with van der Waals surface area (Å²) in [5.41, 5.74) is 6.29. The molecule has 0 bridgehead atoms. The summed E-state index contributed by atoms with van der Waals surface area (Å²) >= 11 is 0. The number of ether oxygens (including phenoxy) is 1. The topological polar surface area (TPSA) is 98.7 Å². The van der Waals surface area contributed by atoms with Gasteiger partial charge in [-0.2, -0.15) is 0 Å². The molecule has 0 saturated carbocycles. The standard InChI is InChI=1S/C12H17N3O4/c1-8(12(16)19-3)7-14(2)9-4-5-11(15(17)18)10(13)6-9/h4-6,8H,7,13H2,1-3H3. The van der Waals surface area contributed by atoms with E-state index in [4.69, 9.17) is 5.73 Å². The van der Waals surface area contributed by atoms with Crippen LogP contribution in [-0.4, -0.2) is 31.6 Å². The molecule has 0 aromatic heterocycles. The van der Waals surface area contributed by atoms with Gasteiger partial charge in [0.1, 0.15) is 5.69 Å². The van der Waals surface area contributed by atoms with Gasteiger partial charge in [0, 0.05) is 25.3 Å². The van der Waals surface area contributed by atoms with Gasteiger partial charge in [-0.15, -0.1) is 0 Å². The molecule has 0 saturated heterocycles. The van der Waals surface area contributed by atoms with Crippen LogP contribution in [0.1, 0.15) is 6.92 Å². The Morgan fingerprint density at radius 1 is 1.58 bits per heavy atom.